The first-order valence-electron chi connectivity index (χ1n) is 6.09. The van der Waals surface area contributed by atoms with Crippen LogP contribution in [0.5, 0.6) is 11.5 Å². The second-order valence-electron chi connectivity index (χ2n) is 4.39. The summed E-state index contributed by atoms with van der Waals surface area (Å²) in [6.45, 7) is 7.47. The van der Waals surface area contributed by atoms with Crippen LogP contribution >= 0.6 is 0 Å². The molecule has 0 fully saturated rings. The molecule has 0 aliphatic heterocycles. The minimum Gasteiger partial charge on any atom is -0.497 e. The molecule has 0 saturated heterocycles. The Morgan fingerprint density at radius 3 is 2.35 bits per heavy atom. The van der Waals surface area contributed by atoms with Crippen LogP contribution in [0.3, 0.4) is 0 Å². The van der Waals surface area contributed by atoms with E-state index in [4.69, 9.17) is 9.47 Å². The minimum absolute atomic E-state index is 0.306. The van der Waals surface area contributed by atoms with Crippen LogP contribution < -0.4 is 14.8 Å². The topological polar surface area (TPSA) is 30.5 Å². The molecular formula is C14H23NO2. The van der Waals surface area contributed by atoms with Crippen LogP contribution in [-0.4, -0.2) is 20.8 Å². The highest BCUT2D eigenvalue weighted by Crippen LogP contribution is 2.32. The summed E-state index contributed by atoms with van der Waals surface area (Å²) in [4.78, 5) is 0. The van der Waals surface area contributed by atoms with Crippen molar-refractivity contribution in [3.05, 3.63) is 23.8 Å². The summed E-state index contributed by atoms with van der Waals surface area (Å²) in [7, 11) is 3.36. The predicted octanol–water partition coefficient (Wildman–Crippen LogP) is 3.01. The average molecular weight is 237 g/mol. The number of hydrogen-bond acceptors (Lipinski definition) is 3. The van der Waals surface area contributed by atoms with E-state index >= 15 is 0 Å². The van der Waals surface area contributed by atoms with Crippen LogP contribution in [0.4, 0.5) is 0 Å². The molecule has 17 heavy (non-hydrogen) atoms. The molecule has 0 aliphatic rings. The van der Waals surface area contributed by atoms with E-state index in [2.05, 4.69) is 32.2 Å². The quantitative estimate of drug-likeness (QED) is 0.825. The van der Waals surface area contributed by atoms with E-state index in [1.807, 2.05) is 12.1 Å². The van der Waals surface area contributed by atoms with Gasteiger partial charge in [0.2, 0.25) is 0 Å². The van der Waals surface area contributed by atoms with E-state index in [9.17, 15) is 0 Å². The van der Waals surface area contributed by atoms with Crippen molar-refractivity contribution in [2.45, 2.75) is 26.8 Å². The first kappa shape index (κ1) is 13.8. The summed E-state index contributed by atoms with van der Waals surface area (Å²) < 4.78 is 10.7. The fraction of sp³-hybridized carbons (Fsp3) is 0.571. The monoisotopic (exact) mass is 237 g/mol. The second kappa shape index (κ2) is 6.50. The van der Waals surface area contributed by atoms with Gasteiger partial charge >= 0.3 is 0 Å². The van der Waals surface area contributed by atoms with Crippen molar-refractivity contribution in [1.82, 2.24) is 5.32 Å². The van der Waals surface area contributed by atoms with Gasteiger partial charge in [-0.2, -0.15) is 0 Å². The molecule has 96 valence electrons. The number of nitrogens with one attached hydrogen (secondary N) is 1. The number of ether oxygens (including phenoxy) is 2. The Balaban J connectivity index is 3.09. The maximum atomic E-state index is 5.45. The van der Waals surface area contributed by atoms with Crippen molar-refractivity contribution in [3.63, 3.8) is 0 Å². The highest BCUT2D eigenvalue weighted by atomic mass is 16.5. The Hall–Kier alpha value is -1.22. The van der Waals surface area contributed by atoms with Crippen LogP contribution in [0, 0.1) is 5.92 Å². The third-order valence-corrected chi connectivity index (χ3v) is 2.87. The van der Waals surface area contributed by atoms with Gasteiger partial charge in [0, 0.05) is 17.7 Å². The first-order chi connectivity index (χ1) is 8.13. The first-order valence-corrected chi connectivity index (χ1v) is 6.09. The number of hydrogen-bond donors (Lipinski definition) is 1. The van der Waals surface area contributed by atoms with E-state index in [1.54, 1.807) is 14.2 Å². The molecule has 0 radical (unpaired) electrons. The molecule has 0 aliphatic carbocycles. The van der Waals surface area contributed by atoms with Crippen molar-refractivity contribution < 1.29 is 9.47 Å². The molecule has 3 heteroatoms. The van der Waals surface area contributed by atoms with Crippen LogP contribution in [0.2, 0.25) is 0 Å². The minimum atomic E-state index is 0.306. The predicted molar refractivity (Wildman–Crippen MR) is 70.8 cm³/mol. The third kappa shape index (κ3) is 3.37. The molecule has 0 aromatic heterocycles. The molecule has 0 spiro atoms. The summed E-state index contributed by atoms with van der Waals surface area (Å²) in [5.41, 5.74) is 1.19. The molecule has 1 atom stereocenters. The Kier molecular flexibility index (Phi) is 5.29. The maximum absolute atomic E-state index is 5.45. The molecule has 1 aromatic carbocycles. The smallest absolute Gasteiger partial charge is 0.127 e. The van der Waals surface area contributed by atoms with Gasteiger partial charge in [0.25, 0.3) is 0 Å². The molecule has 3 nitrogen and oxygen atoms in total. The van der Waals surface area contributed by atoms with E-state index < -0.39 is 0 Å². The molecule has 1 N–H and O–H groups in total. The second-order valence-corrected chi connectivity index (χ2v) is 4.39. The van der Waals surface area contributed by atoms with E-state index in [-0.39, 0.29) is 0 Å². The van der Waals surface area contributed by atoms with Crippen molar-refractivity contribution in [2.24, 2.45) is 5.92 Å². The lowest BCUT2D eigenvalue weighted by Gasteiger charge is -2.24. The van der Waals surface area contributed by atoms with E-state index in [0.29, 0.717) is 12.0 Å². The largest absolute Gasteiger partial charge is 0.497 e. The van der Waals surface area contributed by atoms with Gasteiger partial charge in [0.1, 0.15) is 11.5 Å². The van der Waals surface area contributed by atoms with Gasteiger partial charge in [-0.25, -0.2) is 0 Å². The standard InChI is InChI=1S/C14H23NO2/c1-6-15-14(10(2)3)12-8-7-11(16-4)9-13(12)17-5/h7-10,14-15H,6H2,1-5H3. The van der Waals surface area contributed by atoms with Crippen LogP contribution in [0.15, 0.2) is 18.2 Å². The summed E-state index contributed by atoms with van der Waals surface area (Å²) in [5.74, 6) is 2.21. The Morgan fingerprint density at radius 1 is 1.18 bits per heavy atom. The van der Waals surface area contributed by atoms with Crippen molar-refractivity contribution in [3.8, 4) is 11.5 Å². The summed E-state index contributed by atoms with van der Waals surface area (Å²) in [6, 6.07) is 6.29. The van der Waals surface area contributed by atoms with Gasteiger partial charge in [-0.05, 0) is 18.5 Å². The van der Waals surface area contributed by atoms with Gasteiger partial charge in [-0.3, -0.25) is 0 Å². The highest BCUT2D eigenvalue weighted by Gasteiger charge is 2.18. The van der Waals surface area contributed by atoms with Gasteiger partial charge in [0.05, 0.1) is 14.2 Å². The third-order valence-electron chi connectivity index (χ3n) is 2.87. The molecule has 0 amide bonds. The Labute approximate surface area is 104 Å². The van der Waals surface area contributed by atoms with Crippen molar-refractivity contribution in [1.29, 1.82) is 0 Å². The summed E-state index contributed by atoms with van der Waals surface area (Å²) >= 11 is 0. The fourth-order valence-corrected chi connectivity index (χ4v) is 2.00. The lowest BCUT2D eigenvalue weighted by molar-refractivity contribution is 0.366. The zero-order chi connectivity index (χ0) is 12.8. The number of rotatable bonds is 6. The Morgan fingerprint density at radius 2 is 1.88 bits per heavy atom. The van der Waals surface area contributed by atoms with Crippen molar-refractivity contribution in [2.75, 3.05) is 20.8 Å². The lowest BCUT2D eigenvalue weighted by atomic mass is 9.95. The average Bonchev–Trinajstić information content (AvgIpc) is 2.35. The van der Waals surface area contributed by atoms with Gasteiger partial charge < -0.3 is 14.8 Å². The van der Waals surface area contributed by atoms with Crippen LogP contribution in [0.1, 0.15) is 32.4 Å². The molecule has 1 unspecified atom stereocenters. The van der Waals surface area contributed by atoms with Gasteiger partial charge in [-0.1, -0.05) is 26.8 Å². The molecule has 1 aromatic rings. The number of methoxy groups -OCH3 is 2. The normalized spacial score (nSPS) is 12.6. The molecule has 0 saturated carbocycles. The fourth-order valence-electron chi connectivity index (χ4n) is 2.00. The van der Waals surface area contributed by atoms with Crippen molar-refractivity contribution >= 4 is 0 Å². The summed E-state index contributed by atoms with van der Waals surface area (Å²) in [6.07, 6.45) is 0. The SMILES string of the molecule is CCNC(c1ccc(OC)cc1OC)C(C)C. The highest BCUT2D eigenvalue weighted by molar-refractivity contribution is 5.42. The molecule has 0 heterocycles. The van der Waals surface area contributed by atoms with Crippen LogP contribution in [-0.2, 0) is 0 Å². The molecule has 1 rings (SSSR count). The number of benzene rings is 1. The van der Waals surface area contributed by atoms with E-state index in [0.717, 1.165) is 18.0 Å². The lowest BCUT2D eigenvalue weighted by Crippen LogP contribution is -2.25. The Bertz CT molecular complexity index is 350. The van der Waals surface area contributed by atoms with Crippen LogP contribution in [0.25, 0.3) is 0 Å². The van der Waals surface area contributed by atoms with Gasteiger partial charge in [-0.15, -0.1) is 0 Å². The maximum Gasteiger partial charge on any atom is 0.127 e. The summed E-state index contributed by atoms with van der Waals surface area (Å²) in [5, 5.41) is 3.49. The van der Waals surface area contributed by atoms with E-state index in [1.165, 1.54) is 5.56 Å². The molecular weight excluding hydrogens is 214 g/mol. The van der Waals surface area contributed by atoms with Gasteiger partial charge in [0.15, 0.2) is 0 Å². The molecule has 0 bridgehead atoms. The zero-order valence-corrected chi connectivity index (χ0v) is 11.4. The zero-order valence-electron chi connectivity index (χ0n) is 11.4.